The zero-order valence-electron chi connectivity index (χ0n) is 9.25. The maximum Gasteiger partial charge on any atom is 0.0825 e. The lowest BCUT2D eigenvalue weighted by atomic mass is 10.00. The van der Waals surface area contributed by atoms with Crippen LogP contribution in [0.3, 0.4) is 0 Å². The molecule has 1 aliphatic rings. The van der Waals surface area contributed by atoms with Crippen LogP contribution in [0, 0.1) is 0 Å². The zero-order valence-corrected chi connectivity index (χ0v) is 9.25. The molecule has 0 saturated carbocycles. The van der Waals surface area contributed by atoms with Crippen molar-refractivity contribution < 1.29 is 4.74 Å². The van der Waals surface area contributed by atoms with E-state index in [2.05, 4.69) is 18.7 Å². The van der Waals surface area contributed by atoms with Crippen LogP contribution >= 0.6 is 0 Å². The second-order valence-electron chi connectivity index (χ2n) is 4.04. The molecule has 1 saturated heterocycles. The van der Waals surface area contributed by atoms with E-state index in [0.717, 1.165) is 19.1 Å². The monoisotopic (exact) mass is 185 g/mol. The lowest BCUT2D eigenvalue weighted by molar-refractivity contribution is -0.0538. The molecule has 0 bridgehead atoms. The highest BCUT2D eigenvalue weighted by atomic mass is 16.5. The van der Waals surface area contributed by atoms with Gasteiger partial charge in [-0.15, -0.1) is 0 Å². The van der Waals surface area contributed by atoms with Crippen molar-refractivity contribution in [2.45, 2.75) is 51.7 Å². The van der Waals surface area contributed by atoms with E-state index in [1.54, 1.807) is 0 Å². The Morgan fingerprint density at radius 2 is 1.77 bits per heavy atom. The van der Waals surface area contributed by atoms with Gasteiger partial charge in [0.05, 0.1) is 6.10 Å². The molecule has 0 aromatic rings. The van der Waals surface area contributed by atoms with Crippen molar-refractivity contribution >= 4 is 0 Å². The zero-order chi connectivity index (χ0) is 9.68. The lowest BCUT2D eigenvalue weighted by Crippen LogP contribution is -2.56. The predicted molar refractivity (Wildman–Crippen MR) is 56.0 cm³/mol. The standard InChI is InChI=1S/C11H23NO/c1-4-6-10(7-5-2)12-8-11(9-12)13-3/h10-11H,4-9H2,1-3H3. The van der Waals surface area contributed by atoms with Crippen LogP contribution in [-0.2, 0) is 4.74 Å². The Morgan fingerprint density at radius 1 is 1.23 bits per heavy atom. The van der Waals surface area contributed by atoms with Crippen LogP contribution in [0.5, 0.6) is 0 Å². The van der Waals surface area contributed by atoms with Gasteiger partial charge in [0.1, 0.15) is 0 Å². The summed E-state index contributed by atoms with van der Waals surface area (Å²) in [7, 11) is 1.82. The molecule has 78 valence electrons. The average molecular weight is 185 g/mol. The number of methoxy groups -OCH3 is 1. The third kappa shape index (κ3) is 2.96. The Labute approximate surface area is 82.3 Å². The van der Waals surface area contributed by atoms with Gasteiger partial charge in [-0.3, -0.25) is 4.90 Å². The molecule has 1 fully saturated rings. The Hall–Kier alpha value is -0.0800. The summed E-state index contributed by atoms with van der Waals surface area (Å²) in [5.41, 5.74) is 0. The molecule has 0 N–H and O–H groups in total. The fourth-order valence-corrected chi connectivity index (χ4v) is 2.09. The van der Waals surface area contributed by atoms with Crippen LogP contribution in [0.2, 0.25) is 0 Å². The maximum absolute atomic E-state index is 5.28. The molecular formula is C11H23NO. The van der Waals surface area contributed by atoms with E-state index in [1.165, 1.54) is 25.7 Å². The molecule has 2 nitrogen and oxygen atoms in total. The predicted octanol–water partition coefficient (Wildman–Crippen LogP) is 2.29. The first-order valence-corrected chi connectivity index (χ1v) is 5.58. The lowest BCUT2D eigenvalue weighted by Gasteiger charge is -2.43. The minimum Gasteiger partial charge on any atom is -0.379 e. The summed E-state index contributed by atoms with van der Waals surface area (Å²) in [6.07, 6.45) is 5.82. The summed E-state index contributed by atoms with van der Waals surface area (Å²) >= 11 is 0. The number of likely N-dealkylation sites (tertiary alicyclic amines) is 1. The Kier molecular flexibility index (Phi) is 4.74. The molecule has 13 heavy (non-hydrogen) atoms. The van der Waals surface area contributed by atoms with E-state index >= 15 is 0 Å². The smallest absolute Gasteiger partial charge is 0.0825 e. The fourth-order valence-electron chi connectivity index (χ4n) is 2.09. The molecule has 0 aromatic heterocycles. The normalized spacial score (nSPS) is 19.4. The van der Waals surface area contributed by atoms with Crippen LogP contribution < -0.4 is 0 Å². The summed E-state index contributed by atoms with van der Waals surface area (Å²) in [6, 6.07) is 0.821. The first kappa shape index (κ1) is 11.0. The first-order chi connectivity index (χ1) is 6.31. The molecule has 0 unspecified atom stereocenters. The van der Waals surface area contributed by atoms with Gasteiger partial charge in [0.25, 0.3) is 0 Å². The molecule has 0 spiro atoms. The van der Waals surface area contributed by atoms with Gasteiger partial charge in [0.15, 0.2) is 0 Å². The van der Waals surface area contributed by atoms with Gasteiger partial charge < -0.3 is 4.74 Å². The van der Waals surface area contributed by atoms with Crippen LogP contribution in [-0.4, -0.2) is 37.2 Å². The van der Waals surface area contributed by atoms with Gasteiger partial charge in [-0.05, 0) is 12.8 Å². The summed E-state index contributed by atoms with van der Waals surface area (Å²) in [6.45, 7) is 6.86. The van der Waals surface area contributed by atoms with Gasteiger partial charge in [-0.2, -0.15) is 0 Å². The van der Waals surface area contributed by atoms with Gasteiger partial charge in [-0.1, -0.05) is 26.7 Å². The van der Waals surface area contributed by atoms with Gasteiger partial charge in [0.2, 0.25) is 0 Å². The highest BCUT2D eigenvalue weighted by Gasteiger charge is 2.30. The quantitative estimate of drug-likeness (QED) is 0.629. The summed E-state index contributed by atoms with van der Waals surface area (Å²) in [5, 5.41) is 0. The fraction of sp³-hybridized carbons (Fsp3) is 1.00. The molecule has 0 radical (unpaired) electrons. The van der Waals surface area contributed by atoms with E-state index in [-0.39, 0.29) is 0 Å². The van der Waals surface area contributed by atoms with Crippen LogP contribution in [0.25, 0.3) is 0 Å². The maximum atomic E-state index is 5.28. The third-order valence-electron chi connectivity index (χ3n) is 2.97. The Balaban J connectivity index is 2.22. The van der Waals surface area contributed by atoms with Crippen molar-refractivity contribution in [2.24, 2.45) is 0 Å². The van der Waals surface area contributed by atoms with Crippen molar-refractivity contribution in [3.8, 4) is 0 Å². The number of rotatable bonds is 6. The average Bonchev–Trinajstić information content (AvgIpc) is 2.03. The SMILES string of the molecule is CCCC(CCC)N1CC(OC)C1. The largest absolute Gasteiger partial charge is 0.379 e. The molecule has 0 aromatic carbocycles. The van der Waals surface area contributed by atoms with Crippen molar-refractivity contribution in [1.29, 1.82) is 0 Å². The van der Waals surface area contributed by atoms with Gasteiger partial charge in [-0.25, -0.2) is 0 Å². The van der Waals surface area contributed by atoms with E-state index in [0.29, 0.717) is 6.10 Å². The van der Waals surface area contributed by atoms with Crippen molar-refractivity contribution in [2.75, 3.05) is 20.2 Å². The highest BCUT2D eigenvalue weighted by molar-refractivity contribution is 4.85. The van der Waals surface area contributed by atoms with E-state index in [9.17, 15) is 0 Å². The highest BCUT2D eigenvalue weighted by Crippen LogP contribution is 2.21. The molecular weight excluding hydrogens is 162 g/mol. The second-order valence-corrected chi connectivity index (χ2v) is 4.04. The molecule has 2 heteroatoms. The number of ether oxygens (including phenoxy) is 1. The molecule has 1 rings (SSSR count). The minimum absolute atomic E-state index is 0.510. The van der Waals surface area contributed by atoms with Crippen LogP contribution in [0.4, 0.5) is 0 Å². The summed E-state index contributed by atoms with van der Waals surface area (Å²) in [5.74, 6) is 0. The number of hydrogen-bond acceptors (Lipinski definition) is 2. The molecule has 0 atom stereocenters. The summed E-state index contributed by atoms with van der Waals surface area (Å²) in [4.78, 5) is 2.57. The van der Waals surface area contributed by atoms with E-state index < -0.39 is 0 Å². The van der Waals surface area contributed by atoms with Crippen LogP contribution in [0.15, 0.2) is 0 Å². The first-order valence-electron chi connectivity index (χ1n) is 5.58. The second kappa shape index (κ2) is 5.61. The Bertz CT molecular complexity index is 126. The van der Waals surface area contributed by atoms with Crippen LogP contribution in [0.1, 0.15) is 39.5 Å². The third-order valence-corrected chi connectivity index (χ3v) is 2.97. The molecule has 1 heterocycles. The topological polar surface area (TPSA) is 12.5 Å². The minimum atomic E-state index is 0.510. The van der Waals surface area contributed by atoms with E-state index in [1.807, 2.05) is 7.11 Å². The van der Waals surface area contributed by atoms with Crippen molar-refractivity contribution in [3.63, 3.8) is 0 Å². The molecule has 1 aliphatic heterocycles. The molecule has 0 aliphatic carbocycles. The summed E-state index contributed by atoms with van der Waals surface area (Å²) < 4.78 is 5.28. The van der Waals surface area contributed by atoms with Crippen molar-refractivity contribution in [1.82, 2.24) is 4.90 Å². The molecule has 0 amide bonds. The van der Waals surface area contributed by atoms with Gasteiger partial charge in [0, 0.05) is 26.2 Å². The van der Waals surface area contributed by atoms with Crippen molar-refractivity contribution in [3.05, 3.63) is 0 Å². The number of hydrogen-bond donors (Lipinski definition) is 0. The van der Waals surface area contributed by atoms with Gasteiger partial charge >= 0.3 is 0 Å². The van der Waals surface area contributed by atoms with E-state index in [4.69, 9.17) is 4.74 Å². The number of nitrogens with zero attached hydrogens (tertiary/aromatic N) is 1. The Morgan fingerprint density at radius 3 is 2.15 bits per heavy atom.